The minimum absolute atomic E-state index is 0.0208. The van der Waals surface area contributed by atoms with Crippen LogP contribution in [0.3, 0.4) is 0 Å². The van der Waals surface area contributed by atoms with Crippen molar-refractivity contribution in [3.63, 3.8) is 0 Å². The molecule has 1 heterocycles. The van der Waals surface area contributed by atoms with E-state index in [0.717, 1.165) is 12.1 Å². The summed E-state index contributed by atoms with van der Waals surface area (Å²) in [5, 5.41) is 3.14. The number of aromatic nitrogens is 1. The van der Waals surface area contributed by atoms with Gasteiger partial charge in [-0.3, -0.25) is 0 Å². The van der Waals surface area contributed by atoms with Gasteiger partial charge < -0.3 is 24.3 Å². The number of hydrogen-bond acceptors (Lipinski definition) is 7. The number of rotatable bonds is 13. The highest BCUT2D eigenvalue weighted by Gasteiger charge is 2.35. The molecule has 0 radical (unpaired) electrons. The Kier molecular flexibility index (Phi) is 9.89. The molecule has 0 saturated carbocycles. The summed E-state index contributed by atoms with van der Waals surface area (Å²) in [6.07, 6.45) is -0.278. The first-order valence-electron chi connectivity index (χ1n) is 9.86. The standard InChI is InChI=1S/C23H25F3N2O5/c1-4-11-31-14-16(15-32-12-5-2)28-20-9-8-17(13-18(20)22(29)30-3)33-21-19(23(24,25)26)7-6-10-27-21/h4-10,13,16,28H,1-2,11-12,14-15H2,3H3. The van der Waals surface area contributed by atoms with Crippen LogP contribution in [0.15, 0.2) is 61.8 Å². The van der Waals surface area contributed by atoms with Gasteiger partial charge in [0.25, 0.3) is 0 Å². The van der Waals surface area contributed by atoms with Crippen molar-refractivity contribution < 1.29 is 36.9 Å². The van der Waals surface area contributed by atoms with E-state index in [0.29, 0.717) is 18.9 Å². The number of nitrogens with zero attached hydrogens (tertiary/aromatic N) is 1. The maximum absolute atomic E-state index is 13.2. The Balaban J connectivity index is 2.30. The molecule has 0 fully saturated rings. The number of pyridine rings is 1. The Morgan fingerprint density at radius 2 is 1.82 bits per heavy atom. The Morgan fingerprint density at radius 3 is 2.39 bits per heavy atom. The van der Waals surface area contributed by atoms with E-state index in [9.17, 15) is 18.0 Å². The lowest BCUT2D eigenvalue weighted by molar-refractivity contribution is -0.138. The molecule has 0 amide bonds. The molecule has 0 spiro atoms. The number of esters is 1. The normalized spacial score (nSPS) is 11.2. The van der Waals surface area contributed by atoms with E-state index >= 15 is 0 Å². The summed E-state index contributed by atoms with van der Waals surface area (Å²) in [4.78, 5) is 16.0. The molecule has 0 saturated heterocycles. The van der Waals surface area contributed by atoms with Crippen LogP contribution in [0.5, 0.6) is 11.6 Å². The summed E-state index contributed by atoms with van der Waals surface area (Å²) >= 11 is 0. The molecule has 0 bridgehead atoms. The number of nitrogens with one attached hydrogen (secondary N) is 1. The van der Waals surface area contributed by atoms with Gasteiger partial charge in [-0.25, -0.2) is 9.78 Å². The smallest absolute Gasteiger partial charge is 0.421 e. The predicted molar refractivity (Wildman–Crippen MR) is 117 cm³/mol. The van der Waals surface area contributed by atoms with Gasteiger partial charge in [-0.05, 0) is 30.3 Å². The zero-order chi connectivity index (χ0) is 24.3. The maximum Gasteiger partial charge on any atom is 0.421 e. The molecular weight excluding hydrogens is 441 g/mol. The van der Waals surface area contributed by atoms with Crippen molar-refractivity contribution in [1.82, 2.24) is 4.98 Å². The third-order valence-electron chi connectivity index (χ3n) is 4.16. The molecule has 2 aromatic rings. The molecule has 1 aromatic carbocycles. The van der Waals surface area contributed by atoms with E-state index in [4.69, 9.17) is 18.9 Å². The Morgan fingerprint density at radius 1 is 1.15 bits per heavy atom. The Hall–Kier alpha value is -3.37. The molecule has 0 atom stereocenters. The minimum atomic E-state index is -4.65. The zero-order valence-electron chi connectivity index (χ0n) is 18.1. The number of halogens is 3. The van der Waals surface area contributed by atoms with Crippen LogP contribution in [-0.2, 0) is 20.4 Å². The van der Waals surface area contributed by atoms with Gasteiger partial charge in [-0.1, -0.05) is 12.2 Å². The number of methoxy groups -OCH3 is 1. The lowest BCUT2D eigenvalue weighted by Crippen LogP contribution is -2.31. The quantitative estimate of drug-likeness (QED) is 0.256. The molecule has 0 aliphatic heterocycles. The molecule has 0 aliphatic rings. The monoisotopic (exact) mass is 466 g/mol. The number of carbonyl (C=O) groups is 1. The van der Waals surface area contributed by atoms with E-state index < -0.39 is 23.6 Å². The first-order valence-corrected chi connectivity index (χ1v) is 9.86. The zero-order valence-corrected chi connectivity index (χ0v) is 18.1. The number of ether oxygens (including phenoxy) is 4. The SMILES string of the molecule is C=CCOCC(COCC=C)Nc1ccc(Oc2ncccc2C(F)(F)F)cc1C(=O)OC. The van der Waals surface area contributed by atoms with Crippen LogP contribution in [-0.4, -0.2) is 50.5 Å². The summed E-state index contributed by atoms with van der Waals surface area (Å²) in [7, 11) is 1.19. The van der Waals surface area contributed by atoms with Crippen LogP contribution in [0.4, 0.5) is 18.9 Å². The number of anilines is 1. The van der Waals surface area contributed by atoms with Gasteiger partial charge in [0.15, 0.2) is 0 Å². The molecule has 1 N–H and O–H groups in total. The highest BCUT2D eigenvalue weighted by molar-refractivity contribution is 5.96. The molecule has 33 heavy (non-hydrogen) atoms. The Bertz CT molecular complexity index is 936. The van der Waals surface area contributed by atoms with Gasteiger partial charge in [-0.15, -0.1) is 13.2 Å². The molecule has 2 rings (SSSR count). The van der Waals surface area contributed by atoms with E-state index in [-0.39, 0.29) is 30.6 Å². The van der Waals surface area contributed by atoms with Crippen LogP contribution in [0, 0.1) is 0 Å². The highest BCUT2D eigenvalue weighted by atomic mass is 19.4. The molecule has 10 heteroatoms. The summed E-state index contributed by atoms with van der Waals surface area (Å²) < 4.78 is 60.8. The molecule has 0 unspecified atom stereocenters. The fourth-order valence-corrected chi connectivity index (χ4v) is 2.73. The van der Waals surface area contributed by atoms with E-state index in [2.05, 4.69) is 23.5 Å². The molecule has 178 valence electrons. The summed E-state index contributed by atoms with van der Waals surface area (Å²) in [5.74, 6) is -1.36. The lowest BCUT2D eigenvalue weighted by atomic mass is 10.1. The first kappa shape index (κ1) is 25.9. The second-order valence-electron chi connectivity index (χ2n) is 6.65. The van der Waals surface area contributed by atoms with Gasteiger partial charge in [0.2, 0.25) is 5.88 Å². The Labute approximate surface area is 189 Å². The fraction of sp³-hybridized carbons (Fsp3) is 0.304. The van der Waals surface area contributed by atoms with E-state index in [1.807, 2.05) is 0 Å². The van der Waals surface area contributed by atoms with Gasteiger partial charge in [-0.2, -0.15) is 13.2 Å². The van der Waals surface area contributed by atoms with Crippen LogP contribution in [0.25, 0.3) is 0 Å². The predicted octanol–water partition coefficient (Wildman–Crippen LogP) is 4.87. The largest absolute Gasteiger partial charge is 0.465 e. The highest BCUT2D eigenvalue weighted by Crippen LogP contribution is 2.37. The van der Waals surface area contributed by atoms with Crippen molar-refractivity contribution in [1.29, 1.82) is 0 Å². The summed E-state index contributed by atoms with van der Waals surface area (Å²) in [6, 6.07) is 5.84. The molecule has 1 aromatic heterocycles. The topological polar surface area (TPSA) is 78.9 Å². The van der Waals surface area contributed by atoms with Crippen molar-refractivity contribution in [2.45, 2.75) is 12.2 Å². The van der Waals surface area contributed by atoms with Gasteiger partial charge in [0, 0.05) is 11.9 Å². The third-order valence-corrected chi connectivity index (χ3v) is 4.16. The van der Waals surface area contributed by atoms with E-state index in [1.165, 1.54) is 31.5 Å². The van der Waals surface area contributed by atoms with Crippen LogP contribution < -0.4 is 10.1 Å². The number of hydrogen-bond donors (Lipinski definition) is 1. The second kappa shape index (κ2) is 12.6. The summed E-state index contributed by atoms with van der Waals surface area (Å²) in [5.41, 5.74) is -0.622. The number of alkyl halides is 3. The number of benzene rings is 1. The average molecular weight is 466 g/mol. The molecule has 0 aliphatic carbocycles. The van der Waals surface area contributed by atoms with Gasteiger partial charge in [0.05, 0.1) is 45.1 Å². The average Bonchev–Trinajstić information content (AvgIpc) is 2.79. The van der Waals surface area contributed by atoms with Crippen molar-refractivity contribution in [2.24, 2.45) is 0 Å². The van der Waals surface area contributed by atoms with Crippen LogP contribution in [0.1, 0.15) is 15.9 Å². The van der Waals surface area contributed by atoms with Crippen molar-refractivity contribution in [3.05, 3.63) is 73.0 Å². The van der Waals surface area contributed by atoms with E-state index in [1.54, 1.807) is 12.2 Å². The number of carbonyl (C=O) groups excluding carboxylic acids is 1. The fourth-order valence-electron chi connectivity index (χ4n) is 2.73. The third kappa shape index (κ3) is 7.92. The molecule has 7 nitrogen and oxygen atoms in total. The van der Waals surface area contributed by atoms with Crippen molar-refractivity contribution in [2.75, 3.05) is 38.9 Å². The van der Waals surface area contributed by atoms with Crippen LogP contribution >= 0.6 is 0 Å². The first-order chi connectivity index (χ1) is 15.8. The lowest BCUT2D eigenvalue weighted by Gasteiger charge is -2.21. The van der Waals surface area contributed by atoms with Crippen LogP contribution in [0.2, 0.25) is 0 Å². The van der Waals surface area contributed by atoms with Gasteiger partial charge >= 0.3 is 12.1 Å². The second-order valence-corrected chi connectivity index (χ2v) is 6.65. The minimum Gasteiger partial charge on any atom is -0.465 e. The summed E-state index contributed by atoms with van der Waals surface area (Å²) in [6.45, 7) is 8.30. The maximum atomic E-state index is 13.2. The molecular formula is C23H25F3N2O5. The van der Waals surface area contributed by atoms with Crippen molar-refractivity contribution in [3.8, 4) is 11.6 Å². The van der Waals surface area contributed by atoms with Crippen molar-refractivity contribution >= 4 is 11.7 Å². The van der Waals surface area contributed by atoms with Gasteiger partial charge in [0.1, 0.15) is 11.3 Å².